The molecule has 7 nitrogen and oxygen atoms in total. The third kappa shape index (κ3) is 5.73. The van der Waals surface area contributed by atoms with Gasteiger partial charge in [0.15, 0.2) is 5.78 Å². The van der Waals surface area contributed by atoms with Crippen molar-refractivity contribution in [1.29, 1.82) is 0 Å². The molecule has 150 valence electrons. The van der Waals surface area contributed by atoms with E-state index in [-0.39, 0.29) is 36.6 Å². The van der Waals surface area contributed by atoms with Crippen LogP contribution in [-0.4, -0.2) is 24.1 Å². The second-order valence-corrected chi connectivity index (χ2v) is 7.15. The summed E-state index contributed by atoms with van der Waals surface area (Å²) < 4.78 is 0. The number of ketones is 1. The van der Waals surface area contributed by atoms with Crippen molar-refractivity contribution in [2.45, 2.75) is 12.8 Å². The highest BCUT2D eigenvalue weighted by Gasteiger charge is 2.29. The predicted octanol–water partition coefficient (Wildman–Crippen LogP) is 3.28. The lowest BCUT2D eigenvalue weighted by Gasteiger charge is -2.14. The van der Waals surface area contributed by atoms with Crippen molar-refractivity contribution < 1.29 is 14.4 Å². The minimum atomic E-state index is -0.459. The Morgan fingerprint density at radius 1 is 0.966 bits per heavy atom. The Labute approximate surface area is 177 Å². The van der Waals surface area contributed by atoms with E-state index in [4.69, 9.17) is 23.2 Å². The lowest BCUT2D eigenvalue weighted by molar-refractivity contribution is -0.121. The molecular formula is C20H18Cl2N4O3. The minimum absolute atomic E-state index is 0.0310. The average Bonchev–Trinajstić information content (AvgIpc) is 3.03. The van der Waals surface area contributed by atoms with Gasteiger partial charge in [0.1, 0.15) is 5.57 Å². The molecule has 4 N–H and O–H groups in total. The molecule has 0 unspecified atom stereocenters. The van der Waals surface area contributed by atoms with Gasteiger partial charge in [-0.05, 0) is 48.9 Å². The van der Waals surface area contributed by atoms with E-state index in [1.807, 2.05) is 0 Å². The molecule has 0 spiro atoms. The van der Waals surface area contributed by atoms with Crippen molar-refractivity contribution in [3.05, 3.63) is 69.8 Å². The molecular weight excluding hydrogens is 415 g/mol. The van der Waals surface area contributed by atoms with E-state index in [0.717, 1.165) is 0 Å². The molecule has 9 heteroatoms. The first kappa shape index (κ1) is 20.7. The summed E-state index contributed by atoms with van der Waals surface area (Å²) >= 11 is 11.8. The number of anilines is 2. The summed E-state index contributed by atoms with van der Waals surface area (Å²) in [5, 5.41) is 6.65. The SMILES string of the molecule is O=C(CCC(Nc1cccc(Cl)c1)=C1C(=O)CNC1=O)NNc1ccc(Cl)cc1. The number of halogens is 2. The summed E-state index contributed by atoms with van der Waals surface area (Å²) in [6.45, 7) is -0.0563. The Kier molecular flexibility index (Phi) is 6.74. The van der Waals surface area contributed by atoms with E-state index in [0.29, 0.717) is 27.1 Å². The van der Waals surface area contributed by atoms with Crippen LogP contribution in [0.2, 0.25) is 10.0 Å². The molecule has 1 aliphatic rings. The molecule has 29 heavy (non-hydrogen) atoms. The van der Waals surface area contributed by atoms with Crippen LogP contribution in [0.5, 0.6) is 0 Å². The molecule has 0 radical (unpaired) electrons. The first-order valence-electron chi connectivity index (χ1n) is 8.80. The van der Waals surface area contributed by atoms with Gasteiger partial charge in [-0.3, -0.25) is 25.2 Å². The fraction of sp³-hybridized carbons (Fsp3) is 0.150. The number of amides is 2. The second kappa shape index (κ2) is 9.45. The van der Waals surface area contributed by atoms with Gasteiger partial charge in [0.25, 0.3) is 5.91 Å². The largest absolute Gasteiger partial charge is 0.358 e. The summed E-state index contributed by atoms with van der Waals surface area (Å²) in [5.41, 5.74) is 7.04. The number of hydrogen-bond donors (Lipinski definition) is 4. The third-order valence-corrected chi connectivity index (χ3v) is 4.62. The molecule has 0 aromatic heterocycles. The Morgan fingerprint density at radius 3 is 2.38 bits per heavy atom. The van der Waals surface area contributed by atoms with Crippen molar-refractivity contribution in [3.63, 3.8) is 0 Å². The quantitative estimate of drug-likeness (QED) is 0.305. The summed E-state index contributed by atoms with van der Waals surface area (Å²) in [6.07, 6.45) is 0.211. The van der Waals surface area contributed by atoms with Crippen LogP contribution in [0.1, 0.15) is 12.8 Å². The predicted molar refractivity (Wildman–Crippen MR) is 113 cm³/mol. The Morgan fingerprint density at radius 2 is 1.72 bits per heavy atom. The monoisotopic (exact) mass is 432 g/mol. The molecule has 2 aromatic rings. The first-order valence-corrected chi connectivity index (χ1v) is 9.55. The second-order valence-electron chi connectivity index (χ2n) is 6.27. The molecule has 2 amide bonds. The smallest absolute Gasteiger partial charge is 0.257 e. The van der Waals surface area contributed by atoms with Crippen molar-refractivity contribution in [3.8, 4) is 0 Å². The van der Waals surface area contributed by atoms with Gasteiger partial charge < -0.3 is 10.6 Å². The third-order valence-electron chi connectivity index (χ3n) is 4.13. The normalized spacial score (nSPS) is 15.0. The molecule has 0 saturated carbocycles. The fourth-order valence-corrected chi connectivity index (χ4v) is 3.05. The number of carbonyl (C=O) groups excluding carboxylic acids is 3. The molecule has 1 aliphatic heterocycles. The number of hydrogen-bond acceptors (Lipinski definition) is 5. The minimum Gasteiger partial charge on any atom is -0.358 e. The fourth-order valence-electron chi connectivity index (χ4n) is 2.74. The molecule has 0 bridgehead atoms. The van der Waals surface area contributed by atoms with Gasteiger partial charge in [0.05, 0.1) is 12.2 Å². The maximum atomic E-state index is 12.2. The molecule has 0 aliphatic carbocycles. The number of benzene rings is 2. The standard InChI is InChI=1S/C20H18Cl2N4O3/c21-12-4-6-14(7-5-12)25-26-18(28)9-8-16(19-17(27)11-23-20(19)29)24-15-3-1-2-13(22)10-15/h1-7,10,24-25H,8-9,11H2,(H,23,29)(H,26,28). The molecule has 2 aromatic carbocycles. The molecule has 3 rings (SSSR count). The van der Waals surface area contributed by atoms with E-state index in [1.54, 1.807) is 48.5 Å². The number of hydrazine groups is 1. The van der Waals surface area contributed by atoms with Crippen molar-refractivity contribution in [2.24, 2.45) is 0 Å². The van der Waals surface area contributed by atoms with Crippen LogP contribution < -0.4 is 21.5 Å². The van der Waals surface area contributed by atoms with E-state index in [9.17, 15) is 14.4 Å². The van der Waals surface area contributed by atoms with Gasteiger partial charge in [-0.2, -0.15) is 0 Å². The highest BCUT2D eigenvalue weighted by atomic mass is 35.5. The maximum Gasteiger partial charge on any atom is 0.257 e. The highest BCUT2D eigenvalue weighted by Crippen LogP contribution is 2.22. The van der Waals surface area contributed by atoms with E-state index >= 15 is 0 Å². The average molecular weight is 433 g/mol. The van der Waals surface area contributed by atoms with Crippen LogP contribution in [0, 0.1) is 0 Å². The number of carbonyl (C=O) groups is 3. The maximum absolute atomic E-state index is 12.2. The van der Waals surface area contributed by atoms with Crippen molar-refractivity contribution >= 4 is 52.2 Å². The van der Waals surface area contributed by atoms with Gasteiger partial charge in [-0.1, -0.05) is 29.3 Å². The highest BCUT2D eigenvalue weighted by molar-refractivity contribution is 6.31. The van der Waals surface area contributed by atoms with Crippen LogP contribution in [0.15, 0.2) is 59.8 Å². The summed E-state index contributed by atoms with van der Waals surface area (Å²) in [6, 6.07) is 13.7. The summed E-state index contributed by atoms with van der Waals surface area (Å²) in [5.74, 6) is -1.09. The van der Waals surface area contributed by atoms with Crippen LogP contribution in [0.25, 0.3) is 0 Å². The number of Topliss-reactive ketones (excluding diaryl/α,β-unsaturated/α-hetero) is 1. The molecule has 1 saturated heterocycles. The van der Waals surface area contributed by atoms with Crippen molar-refractivity contribution in [2.75, 3.05) is 17.3 Å². The zero-order valence-electron chi connectivity index (χ0n) is 15.2. The number of rotatable bonds is 7. The Balaban J connectivity index is 1.67. The van der Waals surface area contributed by atoms with E-state index in [1.165, 1.54) is 0 Å². The summed E-state index contributed by atoms with van der Waals surface area (Å²) in [7, 11) is 0. The van der Waals surface area contributed by atoms with Gasteiger partial charge in [-0.25, -0.2) is 0 Å². The number of nitrogens with one attached hydrogen (secondary N) is 4. The zero-order valence-corrected chi connectivity index (χ0v) is 16.7. The Bertz CT molecular complexity index is 956. The molecule has 1 fully saturated rings. The number of allylic oxidation sites excluding steroid dienone is 1. The van der Waals surface area contributed by atoms with E-state index < -0.39 is 5.91 Å². The van der Waals surface area contributed by atoms with Crippen LogP contribution in [-0.2, 0) is 14.4 Å². The van der Waals surface area contributed by atoms with Crippen LogP contribution >= 0.6 is 23.2 Å². The lowest BCUT2D eigenvalue weighted by atomic mass is 10.1. The Hall–Kier alpha value is -3.03. The first-order chi connectivity index (χ1) is 13.9. The molecule has 0 atom stereocenters. The van der Waals surface area contributed by atoms with Crippen molar-refractivity contribution in [1.82, 2.24) is 10.7 Å². The van der Waals surface area contributed by atoms with E-state index in [2.05, 4.69) is 21.5 Å². The van der Waals surface area contributed by atoms with Crippen LogP contribution in [0.4, 0.5) is 11.4 Å². The lowest BCUT2D eigenvalue weighted by Crippen LogP contribution is -2.29. The van der Waals surface area contributed by atoms with Gasteiger partial charge in [-0.15, -0.1) is 0 Å². The topological polar surface area (TPSA) is 99.3 Å². The van der Waals surface area contributed by atoms with Gasteiger partial charge in [0, 0.05) is 27.9 Å². The summed E-state index contributed by atoms with van der Waals surface area (Å²) in [4.78, 5) is 36.4. The van der Waals surface area contributed by atoms with Gasteiger partial charge in [0.2, 0.25) is 5.91 Å². The zero-order chi connectivity index (χ0) is 20.8. The van der Waals surface area contributed by atoms with Gasteiger partial charge >= 0.3 is 0 Å². The van der Waals surface area contributed by atoms with Crippen LogP contribution in [0.3, 0.4) is 0 Å². The molecule has 1 heterocycles.